The molecule has 1 rings (SSSR count). The number of anilines is 2. The second kappa shape index (κ2) is 5.21. The average Bonchev–Trinajstić information content (AvgIpc) is 2.26. The van der Waals surface area contributed by atoms with Gasteiger partial charge in [0.05, 0.1) is 0 Å². The van der Waals surface area contributed by atoms with Gasteiger partial charge >= 0.3 is 0 Å². The highest BCUT2D eigenvalue weighted by molar-refractivity contribution is 5.99. The first-order valence-corrected chi connectivity index (χ1v) is 6.00. The first kappa shape index (κ1) is 13.6. The van der Waals surface area contributed by atoms with Crippen molar-refractivity contribution in [2.75, 3.05) is 17.6 Å². The average molecular weight is 234 g/mol. The summed E-state index contributed by atoms with van der Waals surface area (Å²) in [4.78, 5) is 11.2. The zero-order valence-electron chi connectivity index (χ0n) is 11.1. The number of ketones is 1. The molecule has 0 radical (unpaired) electrons. The Morgan fingerprint density at radius 1 is 1.41 bits per heavy atom. The van der Waals surface area contributed by atoms with Crippen molar-refractivity contribution in [3.8, 4) is 0 Å². The van der Waals surface area contributed by atoms with Crippen LogP contribution in [0.5, 0.6) is 0 Å². The van der Waals surface area contributed by atoms with Crippen LogP contribution in [0.1, 0.15) is 44.5 Å². The van der Waals surface area contributed by atoms with E-state index in [1.165, 1.54) is 6.92 Å². The minimum Gasteiger partial charge on any atom is -0.398 e. The maximum atomic E-state index is 11.2. The van der Waals surface area contributed by atoms with E-state index < -0.39 is 0 Å². The summed E-state index contributed by atoms with van der Waals surface area (Å²) in [6.07, 6.45) is 1.11. The van der Waals surface area contributed by atoms with E-state index in [4.69, 9.17) is 5.73 Å². The van der Waals surface area contributed by atoms with E-state index in [2.05, 4.69) is 26.1 Å². The summed E-state index contributed by atoms with van der Waals surface area (Å²) >= 11 is 0. The Morgan fingerprint density at radius 3 is 2.53 bits per heavy atom. The van der Waals surface area contributed by atoms with Crippen molar-refractivity contribution < 1.29 is 4.79 Å². The second-order valence-electron chi connectivity index (χ2n) is 5.23. The molecule has 3 N–H and O–H groups in total. The van der Waals surface area contributed by atoms with Gasteiger partial charge in [-0.3, -0.25) is 4.79 Å². The molecule has 0 aromatic heterocycles. The number of rotatable bonds is 5. The Hall–Kier alpha value is -1.51. The highest BCUT2D eigenvalue weighted by Crippen LogP contribution is 2.23. The summed E-state index contributed by atoms with van der Waals surface area (Å²) in [5, 5.41) is 3.35. The zero-order valence-corrected chi connectivity index (χ0v) is 11.1. The van der Waals surface area contributed by atoms with Crippen LogP contribution in [-0.4, -0.2) is 12.3 Å². The van der Waals surface area contributed by atoms with Crippen LogP contribution in [0.15, 0.2) is 18.2 Å². The predicted molar refractivity (Wildman–Crippen MR) is 73.4 cm³/mol. The summed E-state index contributed by atoms with van der Waals surface area (Å²) in [5.74, 6) is 0.00272. The van der Waals surface area contributed by atoms with Crippen LogP contribution in [0.2, 0.25) is 0 Å². The lowest BCUT2D eigenvalue weighted by Gasteiger charge is -2.23. The van der Waals surface area contributed by atoms with Crippen molar-refractivity contribution in [1.29, 1.82) is 0 Å². The summed E-state index contributed by atoms with van der Waals surface area (Å²) in [6, 6.07) is 5.50. The molecule has 0 aliphatic heterocycles. The monoisotopic (exact) mass is 234 g/mol. The number of nitrogens with one attached hydrogen (secondary N) is 1. The molecule has 0 fully saturated rings. The largest absolute Gasteiger partial charge is 0.398 e. The molecule has 0 unspecified atom stereocenters. The van der Waals surface area contributed by atoms with E-state index in [9.17, 15) is 4.79 Å². The lowest BCUT2D eigenvalue weighted by atomic mass is 9.90. The van der Waals surface area contributed by atoms with Crippen LogP contribution in [-0.2, 0) is 0 Å². The summed E-state index contributed by atoms with van der Waals surface area (Å²) in [5.41, 5.74) is 8.18. The lowest BCUT2D eigenvalue weighted by Crippen LogP contribution is -2.22. The molecule has 0 amide bonds. The molecule has 0 aliphatic rings. The van der Waals surface area contributed by atoms with E-state index in [-0.39, 0.29) is 11.2 Å². The van der Waals surface area contributed by atoms with Crippen molar-refractivity contribution in [2.24, 2.45) is 5.41 Å². The number of carbonyl (C=O) groups is 1. The van der Waals surface area contributed by atoms with Crippen LogP contribution in [0.25, 0.3) is 0 Å². The van der Waals surface area contributed by atoms with Gasteiger partial charge in [0.15, 0.2) is 5.78 Å². The molecule has 94 valence electrons. The third kappa shape index (κ3) is 3.77. The maximum absolute atomic E-state index is 11.2. The molecule has 0 heterocycles. The third-order valence-corrected chi connectivity index (χ3v) is 3.16. The molecule has 0 saturated carbocycles. The fraction of sp³-hybridized carbons (Fsp3) is 0.500. The van der Waals surface area contributed by atoms with E-state index in [1.54, 1.807) is 6.07 Å². The molecule has 17 heavy (non-hydrogen) atoms. The van der Waals surface area contributed by atoms with Crippen molar-refractivity contribution >= 4 is 17.2 Å². The van der Waals surface area contributed by atoms with E-state index in [0.717, 1.165) is 18.7 Å². The van der Waals surface area contributed by atoms with Gasteiger partial charge in [0.25, 0.3) is 0 Å². The van der Waals surface area contributed by atoms with Crippen molar-refractivity contribution in [3.63, 3.8) is 0 Å². The van der Waals surface area contributed by atoms with Gasteiger partial charge in [-0.2, -0.15) is 0 Å². The molecule has 0 spiro atoms. The molecule has 0 aliphatic carbocycles. The van der Waals surface area contributed by atoms with Crippen molar-refractivity contribution in [3.05, 3.63) is 23.8 Å². The van der Waals surface area contributed by atoms with Gasteiger partial charge in [0.1, 0.15) is 0 Å². The van der Waals surface area contributed by atoms with Crippen LogP contribution in [0, 0.1) is 5.41 Å². The maximum Gasteiger partial charge on any atom is 0.161 e. The molecule has 3 nitrogen and oxygen atoms in total. The van der Waals surface area contributed by atoms with Crippen molar-refractivity contribution in [2.45, 2.75) is 34.1 Å². The molecule has 0 atom stereocenters. The van der Waals surface area contributed by atoms with E-state index in [0.29, 0.717) is 11.3 Å². The molecule has 0 saturated heterocycles. The molecule has 1 aromatic rings. The van der Waals surface area contributed by atoms with Gasteiger partial charge in [-0.05, 0) is 37.0 Å². The molecular weight excluding hydrogens is 212 g/mol. The fourth-order valence-corrected chi connectivity index (χ4v) is 1.46. The summed E-state index contributed by atoms with van der Waals surface area (Å²) < 4.78 is 0. The van der Waals surface area contributed by atoms with Gasteiger partial charge in [-0.25, -0.2) is 0 Å². The summed E-state index contributed by atoms with van der Waals surface area (Å²) in [6.45, 7) is 9.02. The van der Waals surface area contributed by atoms with Crippen molar-refractivity contribution in [1.82, 2.24) is 0 Å². The number of carbonyl (C=O) groups excluding carboxylic acids is 1. The smallest absolute Gasteiger partial charge is 0.161 e. The Kier molecular flexibility index (Phi) is 4.16. The van der Waals surface area contributed by atoms with Gasteiger partial charge in [-0.1, -0.05) is 20.8 Å². The number of nitrogens with two attached hydrogens (primary N) is 1. The van der Waals surface area contributed by atoms with Gasteiger partial charge in [-0.15, -0.1) is 0 Å². The number of hydrogen-bond acceptors (Lipinski definition) is 3. The van der Waals surface area contributed by atoms with Crippen LogP contribution in [0.3, 0.4) is 0 Å². The molecular formula is C14H22N2O. The Balaban J connectivity index is 2.75. The van der Waals surface area contributed by atoms with Crippen LogP contribution in [0.4, 0.5) is 11.4 Å². The van der Waals surface area contributed by atoms with Gasteiger partial charge in [0, 0.05) is 23.5 Å². The highest BCUT2D eigenvalue weighted by atomic mass is 16.1. The van der Waals surface area contributed by atoms with Crippen LogP contribution >= 0.6 is 0 Å². The molecule has 1 aromatic carbocycles. The highest BCUT2D eigenvalue weighted by Gasteiger charge is 2.14. The SMILES string of the molecule is CCC(C)(C)CNc1ccc(C(C)=O)c(N)c1. The first-order valence-electron chi connectivity index (χ1n) is 6.00. The predicted octanol–water partition coefficient (Wildman–Crippen LogP) is 3.32. The molecule has 0 bridgehead atoms. The Morgan fingerprint density at radius 2 is 2.06 bits per heavy atom. The molecule has 3 heteroatoms. The number of nitrogen functional groups attached to an aromatic ring is 1. The van der Waals surface area contributed by atoms with E-state index in [1.807, 2.05) is 12.1 Å². The zero-order chi connectivity index (χ0) is 13.1. The fourth-order valence-electron chi connectivity index (χ4n) is 1.46. The Bertz CT molecular complexity index is 411. The van der Waals surface area contributed by atoms with Crippen LogP contribution < -0.4 is 11.1 Å². The minimum atomic E-state index is 0.00272. The number of Topliss-reactive ketones (excluding diaryl/α,β-unsaturated/α-hetero) is 1. The standard InChI is InChI=1S/C14H22N2O/c1-5-14(3,4)9-16-11-6-7-12(10(2)17)13(15)8-11/h6-8,16H,5,9,15H2,1-4H3. The summed E-state index contributed by atoms with van der Waals surface area (Å²) in [7, 11) is 0. The lowest BCUT2D eigenvalue weighted by molar-refractivity contribution is 0.101. The van der Waals surface area contributed by atoms with Gasteiger partial charge < -0.3 is 11.1 Å². The van der Waals surface area contributed by atoms with E-state index >= 15 is 0 Å². The topological polar surface area (TPSA) is 55.1 Å². The number of hydrogen-bond donors (Lipinski definition) is 2. The van der Waals surface area contributed by atoms with Gasteiger partial charge in [0.2, 0.25) is 0 Å². The quantitative estimate of drug-likeness (QED) is 0.607. The second-order valence-corrected chi connectivity index (χ2v) is 5.23. The first-order chi connectivity index (χ1) is 7.85. The third-order valence-electron chi connectivity index (χ3n) is 3.16. The minimum absolute atomic E-state index is 0.00272. The normalized spacial score (nSPS) is 11.3. The Labute approximate surface area is 103 Å². The number of benzene rings is 1.